The Labute approximate surface area is 131 Å². The average molecular weight is 305 g/mol. The highest BCUT2D eigenvalue weighted by Gasteiger charge is 2.20. The minimum absolute atomic E-state index is 0.0315. The highest BCUT2D eigenvalue weighted by molar-refractivity contribution is 5.35. The number of hydrogen-bond donors (Lipinski definition) is 1. The molecule has 0 aliphatic carbocycles. The van der Waals surface area contributed by atoms with E-state index in [0.717, 1.165) is 6.54 Å². The number of benzene rings is 1. The molecule has 1 rings (SSSR count). The molecule has 0 saturated heterocycles. The van der Waals surface area contributed by atoms with Crippen LogP contribution in [0.1, 0.15) is 38.9 Å². The summed E-state index contributed by atoms with van der Waals surface area (Å²) in [6, 6.07) is 8.15. The Balaban J connectivity index is 2.81. The van der Waals surface area contributed by atoms with Crippen molar-refractivity contribution in [2.75, 3.05) is 19.6 Å². The molecule has 0 saturated carbocycles. The van der Waals surface area contributed by atoms with Gasteiger partial charge in [-0.15, -0.1) is 0 Å². The molecule has 120 valence electrons. The maximum atomic E-state index is 10.8. The second-order valence-electron chi connectivity index (χ2n) is 6.57. The maximum Gasteiger partial charge on any atom is 0.269 e. The monoisotopic (exact) mass is 305 g/mol. The van der Waals surface area contributed by atoms with Crippen LogP contribution in [0.25, 0.3) is 0 Å². The summed E-state index contributed by atoms with van der Waals surface area (Å²) in [5, 5.41) is 29.9. The van der Waals surface area contributed by atoms with E-state index < -0.39 is 11.0 Å². The van der Waals surface area contributed by atoms with Crippen LogP contribution in [0.5, 0.6) is 0 Å². The van der Waals surface area contributed by atoms with Crippen molar-refractivity contribution in [1.82, 2.24) is 4.90 Å². The van der Waals surface area contributed by atoms with Crippen molar-refractivity contribution in [3.63, 3.8) is 0 Å². The van der Waals surface area contributed by atoms with Gasteiger partial charge in [-0.05, 0) is 11.0 Å². The summed E-state index contributed by atoms with van der Waals surface area (Å²) in [7, 11) is 0. The van der Waals surface area contributed by atoms with Crippen LogP contribution in [0.4, 0.5) is 5.69 Å². The van der Waals surface area contributed by atoms with Gasteiger partial charge in [-0.1, -0.05) is 32.9 Å². The molecule has 0 aromatic heterocycles. The molecular weight excluding hydrogens is 282 g/mol. The Morgan fingerprint density at radius 3 is 2.68 bits per heavy atom. The van der Waals surface area contributed by atoms with E-state index in [1.54, 1.807) is 12.1 Å². The Bertz CT molecular complexity index is 546. The van der Waals surface area contributed by atoms with Gasteiger partial charge in [0.25, 0.3) is 5.69 Å². The summed E-state index contributed by atoms with van der Waals surface area (Å²) in [5.74, 6) is 0. The Morgan fingerprint density at radius 1 is 1.45 bits per heavy atom. The summed E-state index contributed by atoms with van der Waals surface area (Å²) in [6.07, 6.45) is -0.432. The van der Waals surface area contributed by atoms with Crippen LogP contribution in [0, 0.1) is 26.9 Å². The topological polar surface area (TPSA) is 90.4 Å². The fourth-order valence-corrected chi connectivity index (χ4v) is 2.31. The van der Waals surface area contributed by atoms with Crippen molar-refractivity contribution in [3.8, 4) is 6.07 Å². The van der Waals surface area contributed by atoms with Gasteiger partial charge < -0.3 is 5.11 Å². The average Bonchev–Trinajstić information content (AvgIpc) is 2.43. The summed E-state index contributed by atoms with van der Waals surface area (Å²) < 4.78 is 0. The third kappa shape index (κ3) is 6.20. The quantitative estimate of drug-likeness (QED) is 0.618. The molecule has 0 spiro atoms. The highest BCUT2D eigenvalue weighted by Crippen LogP contribution is 2.22. The van der Waals surface area contributed by atoms with E-state index in [1.807, 2.05) is 4.90 Å². The maximum absolute atomic E-state index is 10.8. The lowest BCUT2D eigenvalue weighted by atomic mass is 9.95. The van der Waals surface area contributed by atoms with Crippen molar-refractivity contribution in [2.45, 2.75) is 33.3 Å². The zero-order valence-corrected chi connectivity index (χ0v) is 13.3. The van der Waals surface area contributed by atoms with Crippen LogP contribution < -0.4 is 0 Å². The van der Waals surface area contributed by atoms with E-state index in [0.29, 0.717) is 25.1 Å². The van der Waals surface area contributed by atoms with Crippen LogP contribution in [0.3, 0.4) is 0 Å². The molecule has 1 atom stereocenters. The third-order valence-corrected chi connectivity index (χ3v) is 3.13. The first-order valence-corrected chi connectivity index (χ1v) is 7.24. The molecular formula is C16H23N3O3. The smallest absolute Gasteiger partial charge is 0.269 e. The molecule has 0 radical (unpaired) electrons. The number of nitriles is 1. The molecule has 0 bridgehead atoms. The number of aliphatic hydroxyl groups excluding tert-OH is 1. The Hall–Kier alpha value is -1.97. The molecule has 1 N–H and O–H groups in total. The molecule has 6 heteroatoms. The fourth-order valence-electron chi connectivity index (χ4n) is 2.31. The molecule has 0 aliphatic rings. The van der Waals surface area contributed by atoms with Gasteiger partial charge in [-0.25, -0.2) is 0 Å². The van der Waals surface area contributed by atoms with Crippen molar-refractivity contribution >= 4 is 5.69 Å². The predicted molar refractivity (Wildman–Crippen MR) is 84.2 cm³/mol. The number of non-ortho nitro benzene ring substituents is 1. The van der Waals surface area contributed by atoms with E-state index in [4.69, 9.17) is 5.26 Å². The van der Waals surface area contributed by atoms with Crippen LogP contribution in [0.15, 0.2) is 24.3 Å². The predicted octanol–water partition coefficient (Wildman–Crippen LogP) is 2.89. The lowest BCUT2D eigenvalue weighted by Crippen LogP contribution is -2.36. The van der Waals surface area contributed by atoms with Crippen LogP contribution >= 0.6 is 0 Å². The molecule has 6 nitrogen and oxygen atoms in total. The van der Waals surface area contributed by atoms with Crippen molar-refractivity contribution in [1.29, 1.82) is 5.26 Å². The van der Waals surface area contributed by atoms with Crippen LogP contribution in [-0.4, -0.2) is 34.6 Å². The molecule has 1 aromatic carbocycles. The van der Waals surface area contributed by atoms with Gasteiger partial charge in [0, 0.05) is 38.2 Å². The van der Waals surface area contributed by atoms with E-state index in [9.17, 15) is 15.2 Å². The SMILES string of the molecule is CC(C)(C)CN(CCC#N)CC(O)c1cccc([N+](=O)[O-])c1. The Morgan fingerprint density at radius 2 is 2.14 bits per heavy atom. The number of aliphatic hydroxyl groups is 1. The zero-order valence-electron chi connectivity index (χ0n) is 13.3. The molecule has 22 heavy (non-hydrogen) atoms. The van der Waals surface area contributed by atoms with Gasteiger partial charge in [-0.3, -0.25) is 15.0 Å². The second kappa shape index (κ2) is 7.87. The summed E-state index contributed by atoms with van der Waals surface area (Å²) in [4.78, 5) is 12.4. The fraction of sp³-hybridized carbons (Fsp3) is 0.562. The number of nitro benzene ring substituents is 1. The number of nitrogens with zero attached hydrogens (tertiary/aromatic N) is 3. The van der Waals surface area contributed by atoms with Gasteiger partial charge in [-0.2, -0.15) is 5.26 Å². The van der Waals surface area contributed by atoms with Crippen molar-refractivity contribution in [2.24, 2.45) is 5.41 Å². The molecule has 0 fully saturated rings. The molecule has 0 heterocycles. The van der Waals surface area contributed by atoms with Crippen LogP contribution in [-0.2, 0) is 0 Å². The zero-order chi connectivity index (χ0) is 16.8. The first kappa shape index (κ1) is 18.1. The first-order valence-electron chi connectivity index (χ1n) is 7.24. The van der Waals surface area contributed by atoms with E-state index in [1.165, 1.54) is 12.1 Å². The summed E-state index contributed by atoms with van der Waals surface area (Å²) in [6.45, 7) is 7.92. The van der Waals surface area contributed by atoms with Crippen molar-refractivity contribution in [3.05, 3.63) is 39.9 Å². The minimum Gasteiger partial charge on any atom is -0.387 e. The minimum atomic E-state index is -0.819. The largest absolute Gasteiger partial charge is 0.387 e. The first-order chi connectivity index (χ1) is 10.2. The lowest BCUT2D eigenvalue weighted by molar-refractivity contribution is -0.385. The van der Waals surface area contributed by atoms with E-state index >= 15 is 0 Å². The number of hydrogen-bond acceptors (Lipinski definition) is 5. The molecule has 0 aliphatic heterocycles. The second-order valence-corrected chi connectivity index (χ2v) is 6.57. The van der Waals surface area contributed by atoms with Crippen LogP contribution in [0.2, 0.25) is 0 Å². The van der Waals surface area contributed by atoms with Gasteiger partial charge >= 0.3 is 0 Å². The number of nitro groups is 1. The highest BCUT2D eigenvalue weighted by atomic mass is 16.6. The van der Waals surface area contributed by atoms with E-state index in [2.05, 4.69) is 26.8 Å². The molecule has 1 aromatic rings. The summed E-state index contributed by atoms with van der Waals surface area (Å²) in [5.41, 5.74) is 0.527. The van der Waals surface area contributed by atoms with Gasteiger partial charge in [0.15, 0.2) is 0 Å². The van der Waals surface area contributed by atoms with Gasteiger partial charge in [0.1, 0.15) is 0 Å². The molecule has 0 amide bonds. The standard InChI is InChI=1S/C16H23N3O3/c1-16(2,3)12-18(9-5-8-17)11-15(20)13-6-4-7-14(10-13)19(21)22/h4,6-7,10,15,20H,5,9,11-12H2,1-3H3. The van der Waals surface area contributed by atoms with Gasteiger partial charge in [0.05, 0.1) is 17.1 Å². The van der Waals surface area contributed by atoms with Gasteiger partial charge in [0.2, 0.25) is 0 Å². The summed E-state index contributed by atoms with van der Waals surface area (Å²) >= 11 is 0. The van der Waals surface area contributed by atoms with Crippen molar-refractivity contribution < 1.29 is 10.0 Å². The normalized spacial score (nSPS) is 12.9. The lowest BCUT2D eigenvalue weighted by Gasteiger charge is -2.31. The molecule has 1 unspecified atom stereocenters. The Kier molecular flexibility index (Phi) is 6.47. The number of rotatable bonds is 7. The third-order valence-electron chi connectivity index (χ3n) is 3.13. The van der Waals surface area contributed by atoms with E-state index in [-0.39, 0.29) is 11.1 Å².